The molecule has 0 bridgehead atoms. The predicted molar refractivity (Wildman–Crippen MR) is 98.6 cm³/mol. The standard InChI is InChI=1S/C21H40/c1-12-13-14-15-19(6,7)17(2)21(10,11)20(8,9)16-18(3,4)5/h13-14H,2,12,15-16H2,1,3-11H3. The summed E-state index contributed by atoms with van der Waals surface area (Å²) in [6.07, 6.45) is 7.98. The average molecular weight is 293 g/mol. The second kappa shape index (κ2) is 6.71. The van der Waals surface area contributed by atoms with E-state index in [4.69, 9.17) is 0 Å². The van der Waals surface area contributed by atoms with Crippen LogP contribution in [0.4, 0.5) is 0 Å². The summed E-state index contributed by atoms with van der Waals surface area (Å²) in [4.78, 5) is 0. The first kappa shape index (κ1) is 20.5. The molecule has 0 aromatic rings. The molecule has 0 amide bonds. The average Bonchev–Trinajstić information content (AvgIpc) is 2.24. The fraction of sp³-hybridized carbons (Fsp3) is 0.810. The van der Waals surface area contributed by atoms with Crippen LogP contribution in [-0.2, 0) is 0 Å². The topological polar surface area (TPSA) is 0 Å². The largest absolute Gasteiger partial charge is 0.0987 e. The summed E-state index contributed by atoms with van der Waals surface area (Å²) in [6, 6.07) is 0. The van der Waals surface area contributed by atoms with E-state index in [1.54, 1.807) is 0 Å². The van der Waals surface area contributed by atoms with Crippen LogP contribution in [-0.4, -0.2) is 0 Å². The van der Waals surface area contributed by atoms with Gasteiger partial charge in [0.25, 0.3) is 0 Å². The molecule has 0 aromatic carbocycles. The van der Waals surface area contributed by atoms with Crippen molar-refractivity contribution in [3.8, 4) is 0 Å². The predicted octanol–water partition coefficient (Wildman–Crippen LogP) is 7.41. The van der Waals surface area contributed by atoms with Crippen LogP contribution in [0.15, 0.2) is 24.3 Å². The molecule has 0 aromatic heterocycles. The third kappa shape index (κ3) is 5.64. The Bertz CT molecular complexity index is 369. The normalized spacial score (nSPS) is 14.8. The molecule has 0 heteroatoms. The number of hydrogen-bond acceptors (Lipinski definition) is 0. The lowest BCUT2D eigenvalue weighted by Gasteiger charge is -2.50. The van der Waals surface area contributed by atoms with Crippen molar-refractivity contribution in [1.29, 1.82) is 0 Å². The summed E-state index contributed by atoms with van der Waals surface area (Å²) in [5.74, 6) is 0. The molecule has 0 aliphatic rings. The fourth-order valence-electron chi connectivity index (χ4n) is 3.47. The van der Waals surface area contributed by atoms with Crippen LogP contribution < -0.4 is 0 Å². The van der Waals surface area contributed by atoms with Gasteiger partial charge in [0.1, 0.15) is 0 Å². The van der Waals surface area contributed by atoms with Crippen LogP contribution in [0.2, 0.25) is 0 Å². The molecular formula is C21H40. The van der Waals surface area contributed by atoms with E-state index < -0.39 is 0 Å². The molecule has 0 N–H and O–H groups in total. The van der Waals surface area contributed by atoms with Crippen molar-refractivity contribution in [1.82, 2.24) is 0 Å². The van der Waals surface area contributed by atoms with Crippen molar-refractivity contribution >= 4 is 0 Å². The number of allylic oxidation sites excluding steroid dienone is 3. The van der Waals surface area contributed by atoms with Crippen molar-refractivity contribution in [3.05, 3.63) is 24.3 Å². The van der Waals surface area contributed by atoms with Crippen LogP contribution in [0.25, 0.3) is 0 Å². The van der Waals surface area contributed by atoms with Gasteiger partial charge in [-0.2, -0.15) is 0 Å². The van der Waals surface area contributed by atoms with Gasteiger partial charge in [-0.1, -0.05) is 93.5 Å². The van der Waals surface area contributed by atoms with Crippen molar-refractivity contribution in [2.75, 3.05) is 0 Å². The zero-order valence-corrected chi connectivity index (χ0v) is 16.5. The van der Waals surface area contributed by atoms with Crippen molar-refractivity contribution in [3.63, 3.8) is 0 Å². The van der Waals surface area contributed by atoms with Gasteiger partial charge in [-0.15, -0.1) is 0 Å². The smallest absolute Gasteiger partial charge is 0.00906 e. The summed E-state index contributed by atoms with van der Waals surface area (Å²) in [7, 11) is 0. The minimum atomic E-state index is 0.115. The molecule has 0 aliphatic carbocycles. The molecule has 0 unspecified atom stereocenters. The van der Waals surface area contributed by atoms with E-state index in [-0.39, 0.29) is 16.2 Å². The Balaban J connectivity index is 5.29. The zero-order valence-electron chi connectivity index (χ0n) is 16.5. The monoisotopic (exact) mass is 292 g/mol. The van der Waals surface area contributed by atoms with E-state index in [9.17, 15) is 0 Å². The van der Waals surface area contributed by atoms with Gasteiger partial charge in [0.2, 0.25) is 0 Å². The Morgan fingerprint density at radius 1 is 0.857 bits per heavy atom. The van der Waals surface area contributed by atoms with Crippen LogP contribution in [0.5, 0.6) is 0 Å². The molecule has 0 nitrogen and oxygen atoms in total. The number of rotatable bonds is 7. The van der Waals surface area contributed by atoms with E-state index in [1.807, 2.05) is 0 Å². The first-order valence-electron chi connectivity index (χ1n) is 8.52. The van der Waals surface area contributed by atoms with Crippen molar-refractivity contribution in [2.45, 2.75) is 88.5 Å². The van der Waals surface area contributed by atoms with Gasteiger partial charge in [-0.25, -0.2) is 0 Å². The summed E-state index contributed by atoms with van der Waals surface area (Å²) >= 11 is 0. The van der Waals surface area contributed by atoms with E-state index in [2.05, 4.69) is 88.0 Å². The maximum absolute atomic E-state index is 4.54. The van der Waals surface area contributed by atoms with E-state index in [0.717, 1.165) is 12.8 Å². The summed E-state index contributed by atoms with van der Waals surface area (Å²) < 4.78 is 0. The maximum atomic E-state index is 4.54. The first-order chi connectivity index (χ1) is 9.17. The summed E-state index contributed by atoms with van der Waals surface area (Å²) in [5.41, 5.74) is 2.21. The molecule has 0 saturated heterocycles. The van der Waals surface area contributed by atoms with Crippen molar-refractivity contribution in [2.24, 2.45) is 21.7 Å². The Labute approximate surface area is 135 Å². The fourth-order valence-corrected chi connectivity index (χ4v) is 3.47. The molecule has 0 heterocycles. The van der Waals surface area contributed by atoms with Gasteiger partial charge < -0.3 is 0 Å². The second-order valence-corrected chi connectivity index (χ2v) is 9.69. The van der Waals surface area contributed by atoms with Crippen LogP contribution in [0.1, 0.15) is 88.5 Å². The maximum Gasteiger partial charge on any atom is -0.00906 e. The minimum Gasteiger partial charge on any atom is -0.0987 e. The zero-order chi connectivity index (χ0) is 17.1. The molecule has 0 fully saturated rings. The van der Waals surface area contributed by atoms with E-state index >= 15 is 0 Å². The SMILES string of the molecule is C=C(C(C)(C)CC=CCC)C(C)(C)C(C)(C)CC(C)(C)C. The molecule has 0 aliphatic heterocycles. The summed E-state index contributed by atoms with van der Waals surface area (Å²) in [6.45, 7) is 28.0. The second-order valence-electron chi connectivity index (χ2n) is 9.69. The van der Waals surface area contributed by atoms with Gasteiger partial charge in [0, 0.05) is 0 Å². The Hall–Kier alpha value is -0.520. The minimum absolute atomic E-state index is 0.115. The highest BCUT2D eigenvalue weighted by Crippen LogP contribution is 2.54. The highest BCUT2D eigenvalue weighted by molar-refractivity contribution is 5.21. The lowest BCUT2D eigenvalue weighted by Crippen LogP contribution is -2.41. The van der Waals surface area contributed by atoms with Gasteiger partial charge >= 0.3 is 0 Å². The Kier molecular flexibility index (Phi) is 6.55. The van der Waals surface area contributed by atoms with Crippen LogP contribution >= 0.6 is 0 Å². The molecule has 21 heavy (non-hydrogen) atoms. The van der Waals surface area contributed by atoms with E-state index in [0.29, 0.717) is 5.41 Å². The highest BCUT2D eigenvalue weighted by Gasteiger charge is 2.44. The lowest BCUT2D eigenvalue weighted by atomic mass is 9.54. The van der Waals surface area contributed by atoms with Crippen LogP contribution in [0.3, 0.4) is 0 Å². The molecule has 124 valence electrons. The van der Waals surface area contributed by atoms with Gasteiger partial charge in [0.15, 0.2) is 0 Å². The van der Waals surface area contributed by atoms with E-state index in [1.165, 1.54) is 12.0 Å². The molecule has 0 spiro atoms. The van der Waals surface area contributed by atoms with Crippen molar-refractivity contribution < 1.29 is 0 Å². The van der Waals surface area contributed by atoms with Crippen LogP contribution in [0, 0.1) is 21.7 Å². The lowest BCUT2D eigenvalue weighted by molar-refractivity contribution is 0.0716. The van der Waals surface area contributed by atoms with Gasteiger partial charge in [-0.3, -0.25) is 0 Å². The molecule has 0 atom stereocenters. The summed E-state index contributed by atoms with van der Waals surface area (Å²) in [5, 5.41) is 0. The van der Waals surface area contributed by atoms with Gasteiger partial charge in [0.05, 0.1) is 0 Å². The molecular weight excluding hydrogens is 252 g/mol. The Morgan fingerprint density at radius 3 is 1.71 bits per heavy atom. The Morgan fingerprint density at radius 2 is 1.33 bits per heavy atom. The third-order valence-corrected chi connectivity index (χ3v) is 5.27. The first-order valence-corrected chi connectivity index (χ1v) is 8.52. The third-order valence-electron chi connectivity index (χ3n) is 5.27. The van der Waals surface area contributed by atoms with Gasteiger partial charge in [-0.05, 0) is 40.9 Å². The molecule has 0 saturated carbocycles. The molecule has 0 rings (SSSR count). The number of hydrogen-bond donors (Lipinski definition) is 0. The molecule has 0 radical (unpaired) electrons. The highest BCUT2D eigenvalue weighted by atomic mass is 14.5. The quantitative estimate of drug-likeness (QED) is 0.428.